The van der Waals surface area contributed by atoms with Crippen LogP contribution < -0.4 is 0 Å². The number of aliphatic hydroxyl groups excluding tert-OH is 1. The van der Waals surface area contributed by atoms with Crippen molar-refractivity contribution >= 4 is 5.91 Å². The Morgan fingerprint density at radius 3 is 2.94 bits per heavy atom. The number of benzene rings is 1. The minimum Gasteiger partial charge on any atom is -0.508 e. The molecular weight excluding hydrogens is 230 g/mol. The highest BCUT2D eigenvalue weighted by molar-refractivity contribution is 5.79. The fraction of sp³-hybridized carbons (Fsp3) is 0.500. The van der Waals surface area contributed by atoms with Gasteiger partial charge in [0.2, 0.25) is 5.91 Å². The number of phenols is 1. The second-order valence-corrected chi connectivity index (χ2v) is 4.98. The zero-order chi connectivity index (χ0) is 13.1. The van der Waals surface area contributed by atoms with E-state index in [4.69, 9.17) is 0 Å². The first-order chi connectivity index (χ1) is 8.56. The number of aliphatic hydroxyl groups is 1. The zero-order valence-electron chi connectivity index (χ0n) is 10.5. The molecule has 1 aliphatic heterocycles. The van der Waals surface area contributed by atoms with Crippen LogP contribution in [0.2, 0.25) is 0 Å². The molecule has 1 saturated heterocycles. The van der Waals surface area contributed by atoms with Crippen LogP contribution in [-0.4, -0.2) is 40.2 Å². The topological polar surface area (TPSA) is 60.8 Å². The quantitative estimate of drug-likeness (QED) is 0.845. The minimum absolute atomic E-state index is 0.0590. The second kappa shape index (κ2) is 5.40. The van der Waals surface area contributed by atoms with Gasteiger partial charge in [0.25, 0.3) is 0 Å². The highest BCUT2D eigenvalue weighted by Crippen LogP contribution is 2.21. The Morgan fingerprint density at radius 1 is 1.56 bits per heavy atom. The van der Waals surface area contributed by atoms with Crippen molar-refractivity contribution in [2.45, 2.75) is 25.9 Å². The maximum atomic E-state index is 12.1. The summed E-state index contributed by atoms with van der Waals surface area (Å²) in [4.78, 5) is 13.8. The zero-order valence-corrected chi connectivity index (χ0v) is 10.5. The molecular formula is C14H19NO3. The summed E-state index contributed by atoms with van der Waals surface area (Å²) in [7, 11) is 0. The maximum absolute atomic E-state index is 12.1. The number of likely N-dealkylation sites (tertiary alicyclic amines) is 1. The molecule has 0 aliphatic carbocycles. The first-order valence-corrected chi connectivity index (χ1v) is 6.30. The number of carbonyl (C=O) groups excluding carboxylic acids is 1. The molecule has 0 saturated carbocycles. The van der Waals surface area contributed by atoms with E-state index >= 15 is 0 Å². The van der Waals surface area contributed by atoms with E-state index in [1.165, 1.54) is 0 Å². The number of hydrogen-bond donors (Lipinski definition) is 2. The molecule has 0 aromatic heterocycles. The molecule has 1 aromatic rings. The van der Waals surface area contributed by atoms with Gasteiger partial charge in [0.1, 0.15) is 5.75 Å². The van der Waals surface area contributed by atoms with Gasteiger partial charge in [-0.05, 0) is 31.0 Å². The Kier molecular flexibility index (Phi) is 3.87. The van der Waals surface area contributed by atoms with E-state index in [1.54, 1.807) is 30.0 Å². The van der Waals surface area contributed by atoms with E-state index in [-0.39, 0.29) is 23.7 Å². The summed E-state index contributed by atoms with van der Waals surface area (Å²) in [5.41, 5.74) is 0.820. The molecule has 1 aromatic carbocycles. The molecule has 1 fully saturated rings. The predicted octanol–water partition coefficient (Wildman–Crippen LogP) is 1.16. The third-order valence-electron chi connectivity index (χ3n) is 3.53. The molecule has 18 heavy (non-hydrogen) atoms. The molecule has 1 heterocycles. The van der Waals surface area contributed by atoms with Gasteiger partial charge in [-0.3, -0.25) is 4.79 Å². The number of nitrogens with zero attached hydrogens (tertiary/aromatic N) is 1. The Balaban J connectivity index is 1.93. The lowest BCUT2D eigenvalue weighted by molar-refractivity contribution is -0.129. The maximum Gasteiger partial charge on any atom is 0.227 e. The molecule has 1 aliphatic rings. The van der Waals surface area contributed by atoms with Crippen molar-refractivity contribution < 1.29 is 15.0 Å². The average molecular weight is 249 g/mol. The van der Waals surface area contributed by atoms with Crippen molar-refractivity contribution in [1.82, 2.24) is 4.90 Å². The summed E-state index contributed by atoms with van der Waals surface area (Å²) in [5.74, 6) is 0.436. The first-order valence-electron chi connectivity index (χ1n) is 6.30. The Labute approximate surface area is 107 Å². The number of hydrogen-bond acceptors (Lipinski definition) is 3. The van der Waals surface area contributed by atoms with Gasteiger partial charge in [-0.2, -0.15) is 0 Å². The van der Waals surface area contributed by atoms with E-state index in [2.05, 4.69) is 0 Å². The largest absolute Gasteiger partial charge is 0.508 e. The summed E-state index contributed by atoms with van der Waals surface area (Å²) in [5, 5.41) is 18.9. The third kappa shape index (κ3) is 3.01. The van der Waals surface area contributed by atoms with Crippen molar-refractivity contribution in [3.05, 3.63) is 29.8 Å². The molecule has 2 atom stereocenters. The van der Waals surface area contributed by atoms with E-state index in [0.29, 0.717) is 19.5 Å². The fourth-order valence-electron chi connectivity index (χ4n) is 2.36. The van der Waals surface area contributed by atoms with Crippen molar-refractivity contribution in [1.29, 1.82) is 0 Å². The Hall–Kier alpha value is -1.55. The first kappa shape index (κ1) is 12.9. The lowest BCUT2D eigenvalue weighted by Crippen LogP contribution is -2.31. The van der Waals surface area contributed by atoms with Crippen LogP contribution in [0, 0.1) is 5.92 Å². The summed E-state index contributed by atoms with van der Waals surface area (Å²) in [6.07, 6.45) is 0.813. The van der Waals surface area contributed by atoms with Crippen molar-refractivity contribution in [3.8, 4) is 5.75 Å². The summed E-state index contributed by atoms with van der Waals surface area (Å²) >= 11 is 0. The van der Waals surface area contributed by atoms with Gasteiger partial charge >= 0.3 is 0 Å². The number of carbonyl (C=O) groups is 1. The molecule has 98 valence electrons. The van der Waals surface area contributed by atoms with Gasteiger partial charge in [0.15, 0.2) is 0 Å². The summed E-state index contributed by atoms with van der Waals surface area (Å²) in [6.45, 7) is 3.12. The van der Waals surface area contributed by atoms with Gasteiger partial charge in [-0.25, -0.2) is 0 Å². The van der Waals surface area contributed by atoms with Crippen LogP contribution in [0.1, 0.15) is 18.9 Å². The molecule has 2 rings (SSSR count). The van der Waals surface area contributed by atoms with E-state index in [9.17, 15) is 15.0 Å². The highest BCUT2D eigenvalue weighted by atomic mass is 16.3. The molecule has 0 spiro atoms. The molecule has 2 unspecified atom stereocenters. The Bertz CT molecular complexity index is 431. The fourth-order valence-corrected chi connectivity index (χ4v) is 2.36. The van der Waals surface area contributed by atoms with E-state index in [1.807, 2.05) is 6.07 Å². The van der Waals surface area contributed by atoms with E-state index < -0.39 is 0 Å². The third-order valence-corrected chi connectivity index (χ3v) is 3.53. The second-order valence-electron chi connectivity index (χ2n) is 4.98. The molecule has 1 amide bonds. The lowest BCUT2D eigenvalue weighted by atomic mass is 10.0. The predicted molar refractivity (Wildman–Crippen MR) is 68.2 cm³/mol. The van der Waals surface area contributed by atoms with Gasteiger partial charge in [-0.15, -0.1) is 0 Å². The van der Waals surface area contributed by atoms with Crippen LogP contribution in [0.25, 0.3) is 0 Å². The Morgan fingerprint density at radius 2 is 2.33 bits per heavy atom. The highest BCUT2D eigenvalue weighted by Gasteiger charge is 2.28. The number of aromatic hydroxyl groups is 1. The van der Waals surface area contributed by atoms with Gasteiger partial charge < -0.3 is 15.1 Å². The minimum atomic E-state index is -0.358. The smallest absolute Gasteiger partial charge is 0.227 e. The van der Waals surface area contributed by atoms with Crippen LogP contribution in [0.15, 0.2) is 24.3 Å². The van der Waals surface area contributed by atoms with Crippen LogP contribution in [0.5, 0.6) is 5.75 Å². The van der Waals surface area contributed by atoms with E-state index in [0.717, 1.165) is 12.0 Å². The van der Waals surface area contributed by atoms with Crippen LogP contribution in [-0.2, 0) is 11.2 Å². The average Bonchev–Trinajstić information content (AvgIpc) is 2.78. The van der Waals surface area contributed by atoms with Crippen LogP contribution >= 0.6 is 0 Å². The molecule has 0 bridgehead atoms. The van der Waals surface area contributed by atoms with Crippen molar-refractivity contribution in [2.24, 2.45) is 5.92 Å². The molecule has 4 heteroatoms. The van der Waals surface area contributed by atoms with Crippen LogP contribution in [0.3, 0.4) is 0 Å². The standard InChI is InChI=1S/C14H19NO3/c1-10(16)12-5-6-15(9-12)14(18)8-11-3-2-4-13(17)7-11/h2-4,7,10,12,16-17H,5-6,8-9H2,1H3. The normalized spacial score (nSPS) is 21.0. The summed E-state index contributed by atoms with van der Waals surface area (Å²) < 4.78 is 0. The van der Waals surface area contributed by atoms with Gasteiger partial charge in [-0.1, -0.05) is 12.1 Å². The van der Waals surface area contributed by atoms with Crippen LogP contribution in [0.4, 0.5) is 0 Å². The number of phenolic OH excluding ortho intramolecular Hbond substituents is 1. The molecule has 2 N–H and O–H groups in total. The molecule has 0 radical (unpaired) electrons. The van der Waals surface area contributed by atoms with Crippen molar-refractivity contribution in [3.63, 3.8) is 0 Å². The monoisotopic (exact) mass is 249 g/mol. The van der Waals surface area contributed by atoms with Gasteiger partial charge in [0.05, 0.1) is 12.5 Å². The molecule has 4 nitrogen and oxygen atoms in total. The summed E-state index contributed by atoms with van der Waals surface area (Å²) in [6, 6.07) is 6.77. The SMILES string of the molecule is CC(O)C1CCN(C(=O)Cc2cccc(O)c2)C1. The number of rotatable bonds is 3. The number of amides is 1. The van der Waals surface area contributed by atoms with Gasteiger partial charge in [0, 0.05) is 19.0 Å². The van der Waals surface area contributed by atoms with Crippen molar-refractivity contribution in [2.75, 3.05) is 13.1 Å². The lowest BCUT2D eigenvalue weighted by Gasteiger charge is -2.17.